The first-order valence-electron chi connectivity index (χ1n) is 7.43. The van der Waals surface area contributed by atoms with Gasteiger partial charge in [0.25, 0.3) is 0 Å². The Morgan fingerprint density at radius 1 is 1.30 bits per heavy atom. The Morgan fingerprint density at radius 2 is 2.00 bits per heavy atom. The van der Waals surface area contributed by atoms with Crippen LogP contribution in [0.25, 0.3) is 0 Å². The molecular formula is C14H26N2O3S. The van der Waals surface area contributed by atoms with Crippen molar-refractivity contribution in [2.24, 2.45) is 0 Å². The normalized spacial score (nSPS) is 27.6. The van der Waals surface area contributed by atoms with E-state index in [1.165, 1.54) is 0 Å². The van der Waals surface area contributed by atoms with Gasteiger partial charge in [0.2, 0.25) is 0 Å². The van der Waals surface area contributed by atoms with Gasteiger partial charge in [-0.1, -0.05) is 6.58 Å². The fourth-order valence-corrected chi connectivity index (χ4v) is 3.72. The van der Waals surface area contributed by atoms with Gasteiger partial charge in [-0.2, -0.15) is 0 Å². The lowest BCUT2D eigenvalue weighted by Gasteiger charge is -2.44. The highest BCUT2D eigenvalue weighted by Crippen LogP contribution is 2.19. The van der Waals surface area contributed by atoms with Gasteiger partial charge in [-0.05, 0) is 19.8 Å². The Hall–Kier alpha value is -0.430. The predicted molar refractivity (Wildman–Crippen MR) is 80.4 cm³/mol. The molecule has 2 saturated heterocycles. The molecule has 0 aromatic carbocycles. The second kappa shape index (κ2) is 7.02. The molecule has 2 aliphatic heterocycles. The summed E-state index contributed by atoms with van der Waals surface area (Å²) in [6, 6.07) is 1.05. The molecule has 1 atom stereocenters. The average Bonchev–Trinajstić information content (AvgIpc) is 2.47. The number of hydrogen-bond donors (Lipinski definition) is 0. The summed E-state index contributed by atoms with van der Waals surface area (Å²) in [5, 5.41) is 1.07. The minimum atomic E-state index is -3.08. The van der Waals surface area contributed by atoms with E-state index in [1.807, 2.05) is 0 Å². The monoisotopic (exact) mass is 302 g/mol. The molecule has 0 aromatic heterocycles. The first kappa shape index (κ1) is 15.9. The summed E-state index contributed by atoms with van der Waals surface area (Å²) in [6.07, 6.45) is 2.25. The summed E-state index contributed by atoms with van der Waals surface area (Å²) in [4.78, 5) is 4.82. The van der Waals surface area contributed by atoms with E-state index >= 15 is 0 Å². The molecule has 0 N–H and O–H groups in total. The molecular weight excluding hydrogens is 276 g/mol. The minimum absolute atomic E-state index is 0.179. The van der Waals surface area contributed by atoms with E-state index in [0.717, 1.165) is 51.1 Å². The van der Waals surface area contributed by atoms with Crippen molar-refractivity contribution in [1.82, 2.24) is 9.80 Å². The second-order valence-electron chi connectivity index (χ2n) is 5.76. The van der Waals surface area contributed by atoms with Crippen LogP contribution in [0.4, 0.5) is 0 Å². The van der Waals surface area contributed by atoms with E-state index < -0.39 is 9.84 Å². The number of nitrogens with zero attached hydrogens (tertiary/aromatic N) is 2. The van der Waals surface area contributed by atoms with Crippen LogP contribution in [-0.4, -0.2) is 75.4 Å². The fourth-order valence-electron chi connectivity index (χ4n) is 3.07. The number of piperazine rings is 1. The van der Waals surface area contributed by atoms with Gasteiger partial charge in [0.1, 0.15) is 0 Å². The number of rotatable bonds is 5. The molecule has 2 aliphatic rings. The zero-order valence-electron chi connectivity index (χ0n) is 12.3. The molecule has 0 spiro atoms. The Balaban J connectivity index is 1.81. The van der Waals surface area contributed by atoms with Crippen LogP contribution in [0, 0.1) is 0 Å². The molecule has 0 aliphatic carbocycles. The van der Waals surface area contributed by atoms with Gasteiger partial charge in [0.05, 0.1) is 5.75 Å². The molecule has 5 nitrogen and oxygen atoms in total. The lowest BCUT2D eigenvalue weighted by molar-refractivity contribution is 0.0000230. The summed E-state index contributed by atoms with van der Waals surface area (Å²) in [5.41, 5.74) is 0. The van der Waals surface area contributed by atoms with Crippen molar-refractivity contribution in [2.75, 3.05) is 45.1 Å². The van der Waals surface area contributed by atoms with Crippen molar-refractivity contribution in [3.8, 4) is 0 Å². The molecule has 2 fully saturated rings. The van der Waals surface area contributed by atoms with Crippen molar-refractivity contribution in [3.05, 3.63) is 12.0 Å². The van der Waals surface area contributed by atoms with Crippen LogP contribution in [0.5, 0.6) is 0 Å². The van der Waals surface area contributed by atoms with Crippen LogP contribution in [0.3, 0.4) is 0 Å². The maximum absolute atomic E-state index is 11.5. The molecule has 0 bridgehead atoms. The standard InChI is InChI=1S/C14H26N2O3S/c1-3-20(17,18)11-8-15-6-7-16(12-13(15)2)14-4-9-19-10-5-14/h3,13-14H,1,4-12H2,2H3/t13-/m1/s1. The Morgan fingerprint density at radius 3 is 2.60 bits per heavy atom. The molecule has 0 radical (unpaired) electrons. The Bertz CT molecular complexity index is 418. The zero-order chi connectivity index (χ0) is 14.6. The van der Waals surface area contributed by atoms with Crippen molar-refractivity contribution in [3.63, 3.8) is 0 Å². The Kier molecular flexibility index (Phi) is 5.60. The van der Waals surface area contributed by atoms with E-state index in [-0.39, 0.29) is 5.75 Å². The highest BCUT2D eigenvalue weighted by molar-refractivity contribution is 7.94. The van der Waals surface area contributed by atoms with Gasteiger partial charge in [-0.25, -0.2) is 8.42 Å². The molecule has 2 heterocycles. The number of hydrogen-bond acceptors (Lipinski definition) is 5. The van der Waals surface area contributed by atoms with E-state index in [0.29, 0.717) is 18.6 Å². The number of sulfone groups is 1. The molecule has 0 unspecified atom stereocenters. The van der Waals surface area contributed by atoms with Crippen LogP contribution in [0.2, 0.25) is 0 Å². The highest BCUT2D eigenvalue weighted by Gasteiger charge is 2.29. The molecule has 2 rings (SSSR count). The molecule has 6 heteroatoms. The first-order valence-corrected chi connectivity index (χ1v) is 9.14. The third kappa shape index (κ3) is 4.28. The second-order valence-corrected chi connectivity index (χ2v) is 7.82. The van der Waals surface area contributed by atoms with Gasteiger partial charge >= 0.3 is 0 Å². The van der Waals surface area contributed by atoms with Gasteiger partial charge < -0.3 is 4.74 Å². The lowest BCUT2D eigenvalue weighted by Crippen LogP contribution is -2.56. The summed E-state index contributed by atoms with van der Waals surface area (Å²) < 4.78 is 28.4. The first-order chi connectivity index (χ1) is 9.52. The lowest BCUT2D eigenvalue weighted by atomic mass is 10.0. The van der Waals surface area contributed by atoms with E-state index in [2.05, 4.69) is 23.3 Å². The fraction of sp³-hybridized carbons (Fsp3) is 0.857. The third-order valence-corrected chi connectivity index (χ3v) is 5.68. The van der Waals surface area contributed by atoms with Gasteiger partial charge in [-0.3, -0.25) is 9.80 Å². The maximum Gasteiger partial charge on any atom is 0.172 e. The van der Waals surface area contributed by atoms with Crippen LogP contribution in [0.15, 0.2) is 12.0 Å². The van der Waals surface area contributed by atoms with Crippen LogP contribution >= 0.6 is 0 Å². The third-order valence-electron chi connectivity index (χ3n) is 4.42. The highest BCUT2D eigenvalue weighted by atomic mass is 32.2. The zero-order valence-corrected chi connectivity index (χ0v) is 13.1. The van der Waals surface area contributed by atoms with Crippen molar-refractivity contribution >= 4 is 9.84 Å². The van der Waals surface area contributed by atoms with Crippen LogP contribution in [0.1, 0.15) is 19.8 Å². The van der Waals surface area contributed by atoms with E-state index in [1.54, 1.807) is 0 Å². The topological polar surface area (TPSA) is 49.9 Å². The summed E-state index contributed by atoms with van der Waals surface area (Å²) >= 11 is 0. The summed E-state index contributed by atoms with van der Waals surface area (Å²) in [5.74, 6) is 0.179. The molecule has 20 heavy (non-hydrogen) atoms. The quantitative estimate of drug-likeness (QED) is 0.749. The van der Waals surface area contributed by atoms with Gasteiger partial charge in [-0.15, -0.1) is 0 Å². The molecule has 0 amide bonds. The van der Waals surface area contributed by atoms with Crippen LogP contribution < -0.4 is 0 Å². The van der Waals surface area contributed by atoms with Crippen molar-refractivity contribution < 1.29 is 13.2 Å². The smallest absolute Gasteiger partial charge is 0.172 e. The van der Waals surface area contributed by atoms with E-state index in [9.17, 15) is 8.42 Å². The maximum atomic E-state index is 11.5. The van der Waals surface area contributed by atoms with Gasteiger partial charge in [0, 0.05) is 56.9 Å². The Labute approximate surface area is 122 Å². The molecule has 0 aromatic rings. The van der Waals surface area contributed by atoms with Crippen molar-refractivity contribution in [1.29, 1.82) is 0 Å². The summed E-state index contributed by atoms with van der Waals surface area (Å²) in [6.45, 7) is 10.9. The molecule has 116 valence electrons. The van der Waals surface area contributed by atoms with Gasteiger partial charge in [0.15, 0.2) is 9.84 Å². The average molecular weight is 302 g/mol. The number of ether oxygens (including phenoxy) is 1. The SMILES string of the molecule is C=CS(=O)(=O)CCN1CCN(C2CCOCC2)C[C@H]1C. The van der Waals surface area contributed by atoms with E-state index in [4.69, 9.17) is 4.74 Å². The molecule has 0 saturated carbocycles. The largest absolute Gasteiger partial charge is 0.381 e. The minimum Gasteiger partial charge on any atom is -0.381 e. The van der Waals surface area contributed by atoms with Crippen molar-refractivity contribution in [2.45, 2.75) is 31.8 Å². The summed E-state index contributed by atoms with van der Waals surface area (Å²) in [7, 11) is -3.08. The van der Waals surface area contributed by atoms with Crippen LogP contribution in [-0.2, 0) is 14.6 Å². The predicted octanol–water partition coefficient (Wildman–Crippen LogP) is 0.730.